The highest BCUT2D eigenvalue weighted by Gasteiger charge is 2.22. The predicted molar refractivity (Wildman–Crippen MR) is 182 cm³/mol. The number of anilines is 6. The van der Waals surface area contributed by atoms with E-state index < -0.39 is 10.2 Å². The summed E-state index contributed by atoms with van der Waals surface area (Å²) >= 11 is 0. The number of benzene rings is 7. The molecule has 0 fully saturated rings. The first kappa shape index (κ1) is 26.8. The monoisotopic (exact) mass is 602 g/mol. The number of hydrogen-bond donors (Lipinski definition) is 0. The molecule has 0 saturated carbocycles. The third-order valence-corrected chi connectivity index (χ3v) is 8.84. The fourth-order valence-corrected chi connectivity index (χ4v) is 6.97. The van der Waals surface area contributed by atoms with E-state index in [-0.39, 0.29) is 0 Å². The molecule has 7 aromatic rings. The molecule has 0 N–H and O–H groups in total. The average Bonchev–Trinajstić information content (AvgIpc) is 3.42. The molecule has 8 rings (SSSR count). The van der Waals surface area contributed by atoms with Gasteiger partial charge in [-0.1, -0.05) is 84.9 Å². The van der Waals surface area contributed by atoms with Crippen molar-refractivity contribution in [1.29, 1.82) is 0 Å². The molecule has 1 aliphatic rings. The Hall–Kier alpha value is -5.79. The van der Waals surface area contributed by atoms with Gasteiger partial charge in [0.25, 0.3) is 0 Å². The van der Waals surface area contributed by atoms with Crippen LogP contribution in [0.25, 0.3) is 21.5 Å². The Labute approximate surface area is 260 Å². The standard InChI is InChI=1S/C38H26N4O2S/c43-45(44)39-37-35-25-31(41(27-13-5-1-6-14-27)28-15-7-2-8-16-28)21-23-33(35)34-24-22-32(26-36(34)38(37)40-45)42(29-17-9-3-10-18-29)30-19-11-4-12-20-30/h1-26H. The molecule has 0 atom stereocenters. The molecule has 7 aromatic carbocycles. The lowest BCUT2D eigenvalue weighted by molar-refractivity contribution is 0.599. The molecule has 6 nitrogen and oxygen atoms in total. The third-order valence-electron chi connectivity index (χ3n) is 8.02. The maximum atomic E-state index is 12.9. The van der Waals surface area contributed by atoms with Crippen LogP contribution < -0.4 is 20.5 Å². The van der Waals surface area contributed by atoms with Crippen LogP contribution in [0.5, 0.6) is 0 Å². The van der Waals surface area contributed by atoms with Gasteiger partial charge < -0.3 is 9.80 Å². The van der Waals surface area contributed by atoms with E-state index in [2.05, 4.69) is 91.4 Å². The van der Waals surface area contributed by atoms with Crippen LogP contribution >= 0.6 is 0 Å². The molecule has 216 valence electrons. The zero-order valence-corrected chi connectivity index (χ0v) is 24.8. The van der Waals surface area contributed by atoms with E-state index in [4.69, 9.17) is 0 Å². The first-order valence-corrected chi connectivity index (χ1v) is 16.0. The minimum atomic E-state index is -4.04. The quantitative estimate of drug-likeness (QED) is 0.179. The number of fused-ring (bicyclic) bond motifs is 6. The molecule has 0 amide bonds. The number of para-hydroxylation sites is 4. The Balaban J connectivity index is 1.38. The van der Waals surface area contributed by atoms with E-state index in [1.165, 1.54) is 0 Å². The van der Waals surface area contributed by atoms with Crippen LogP contribution in [0.4, 0.5) is 34.1 Å². The molecular weight excluding hydrogens is 577 g/mol. The lowest BCUT2D eigenvalue weighted by Gasteiger charge is -2.26. The van der Waals surface area contributed by atoms with Crippen LogP contribution in [0.15, 0.2) is 167 Å². The fraction of sp³-hybridized carbons (Fsp3) is 0. The Kier molecular flexibility index (Phi) is 6.39. The Morgan fingerprint density at radius 1 is 0.356 bits per heavy atom. The molecule has 1 heterocycles. The topological polar surface area (TPSA) is 65.3 Å². The summed E-state index contributed by atoms with van der Waals surface area (Å²) in [6, 6.07) is 52.7. The Morgan fingerprint density at radius 3 is 0.978 bits per heavy atom. The molecule has 7 heteroatoms. The van der Waals surface area contributed by atoms with Crippen molar-refractivity contribution in [2.45, 2.75) is 0 Å². The minimum Gasteiger partial charge on any atom is -0.310 e. The summed E-state index contributed by atoms with van der Waals surface area (Å²) in [6.45, 7) is 0. The molecule has 0 aromatic heterocycles. The van der Waals surface area contributed by atoms with Crippen LogP contribution in [0.2, 0.25) is 0 Å². The highest BCUT2D eigenvalue weighted by molar-refractivity contribution is 7.88. The Bertz CT molecular complexity index is 2190. The van der Waals surface area contributed by atoms with Crippen LogP contribution in [-0.4, -0.2) is 8.42 Å². The highest BCUT2D eigenvalue weighted by atomic mass is 32.2. The number of nitrogens with zero attached hydrogens (tertiary/aromatic N) is 4. The molecule has 0 unspecified atom stereocenters. The molecule has 0 radical (unpaired) electrons. The molecule has 0 saturated heterocycles. The van der Waals surface area contributed by atoms with Crippen molar-refractivity contribution in [3.05, 3.63) is 168 Å². The fourth-order valence-electron chi connectivity index (χ4n) is 6.10. The molecule has 1 aliphatic heterocycles. The van der Waals surface area contributed by atoms with E-state index in [9.17, 15) is 8.42 Å². The van der Waals surface area contributed by atoms with Crippen molar-refractivity contribution in [3.63, 3.8) is 0 Å². The summed E-state index contributed by atoms with van der Waals surface area (Å²) in [4.78, 5) is 4.30. The first-order valence-electron chi connectivity index (χ1n) is 14.6. The smallest absolute Gasteiger partial charge is 0.310 e. The van der Waals surface area contributed by atoms with E-state index >= 15 is 0 Å². The van der Waals surface area contributed by atoms with Crippen LogP contribution in [0.3, 0.4) is 0 Å². The molecule has 0 aliphatic carbocycles. The van der Waals surface area contributed by atoms with Gasteiger partial charge in [-0.2, -0.15) is 8.42 Å². The summed E-state index contributed by atoms with van der Waals surface area (Å²) < 4.78 is 34.2. The highest BCUT2D eigenvalue weighted by Crippen LogP contribution is 2.38. The van der Waals surface area contributed by atoms with Crippen molar-refractivity contribution in [2.75, 3.05) is 9.80 Å². The lowest BCUT2D eigenvalue weighted by atomic mass is 9.98. The van der Waals surface area contributed by atoms with Gasteiger partial charge in [0.2, 0.25) is 0 Å². The summed E-state index contributed by atoms with van der Waals surface area (Å²) in [5, 5.41) is 4.00. The second-order valence-electron chi connectivity index (χ2n) is 10.8. The average molecular weight is 603 g/mol. The summed E-state index contributed by atoms with van der Waals surface area (Å²) in [6.07, 6.45) is 0. The van der Waals surface area contributed by atoms with Gasteiger partial charge in [0.05, 0.1) is 0 Å². The Morgan fingerprint density at radius 2 is 0.667 bits per heavy atom. The predicted octanol–water partition coefficient (Wildman–Crippen LogP) is 8.43. The SMILES string of the molecule is O=S1(=O)N=c2c(c3cc(N(c4ccccc4)c4ccccc4)ccc3c3ccc(N(c4ccccc4)c4ccccc4)cc23)=N1. The van der Waals surface area contributed by atoms with Gasteiger partial charge in [-0.3, -0.25) is 0 Å². The normalized spacial score (nSPS) is 13.2. The van der Waals surface area contributed by atoms with Gasteiger partial charge in [0.1, 0.15) is 10.7 Å². The minimum absolute atomic E-state index is 0.364. The van der Waals surface area contributed by atoms with Gasteiger partial charge >= 0.3 is 10.2 Å². The van der Waals surface area contributed by atoms with Crippen molar-refractivity contribution in [2.24, 2.45) is 8.80 Å². The zero-order valence-electron chi connectivity index (χ0n) is 24.0. The van der Waals surface area contributed by atoms with Gasteiger partial charge in [0, 0.05) is 44.9 Å². The van der Waals surface area contributed by atoms with Gasteiger partial charge in [-0.05, 0) is 83.6 Å². The zero-order chi connectivity index (χ0) is 30.4. The van der Waals surface area contributed by atoms with Gasteiger partial charge in [0.15, 0.2) is 0 Å². The largest absolute Gasteiger partial charge is 0.364 e. The first-order chi connectivity index (χ1) is 22.1. The van der Waals surface area contributed by atoms with E-state index in [0.29, 0.717) is 10.7 Å². The third kappa shape index (κ3) is 4.80. The maximum Gasteiger partial charge on any atom is 0.364 e. The number of rotatable bonds is 6. The lowest BCUT2D eigenvalue weighted by Crippen LogP contribution is -2.24. The van der Waals surface area contributed by atoms with Crippen LogP contribution in [0.1, 0.15) is 0 Å². The van der Waals surface area contributed by atoms with Crippen LogP contribution in [-0.2, 0) is 10.2 Å². The van der Waals surface area contributed by atoms with E-state index in [0.717, 1.165) is 55.7 Å². The summed E-state index contributed by atoms with van der Waals surface area (Å²) in [5.74, 6) is 0. The second-order valence-corrected chi connectivity index (χ2v) is 12.1. The van der Waals surface area contributed by atoms with Crippen molar-refractivity contribution in [3.8, 4) is 0 Å². The second kappa shape index (κ2) is 10.7. The van der Waals surface area contributed by atoms with E-state index in [1.54, 1.807) is 0 Å². The van der Waals surface area contributed by atoms with Gasteiger partial charge in [-0.15, -0.1) is 8.80 Å². The van der Waals surface area contributed by atoms with Crippen molar-refractivity contribution < 1.29 is 8.42 Å². The molecule has 0 spiro atoms. The van der Waals surface area contributed by atoms with E-state index in [1.807, 2.05) is 84.9 Å². The summed E-state index contributed by atoms with van der Waals surface area (Å²) in [7, 11) is -4.04. The molecule has 45 heavy (non-hydrogen) atoms. The van der Waals surface area contributed by atoms with Crippen molar-refractivity contribution >= 4 is 65.9 Å². The maximum absolute atomic E-state index is 12.9. The van der Waals surface area contributed by atoms with Gasteiger partial charge in [-0.25, -0.2) is 0 Å². The molecule has 0 bridgehead atoms. The number of hydrogen-bond acceptors (Lipinski definition) is 4. The van der Waals surface area contributed by atoms with Crippen LogP contribution in [0, 0.1) is 0 Å². The molecular formula is C38H26N4O2S. The summed E-state index contributed by atoms with van der Waals surface area (Å²) in [5.41, 5.74) is 5.72. The van der Waals surface area contributed by atoms with Crippen molar-refractivity contribution in [1.82, 2.24) is 0 Å².